The maximum absolute atomic E-state index is 12.9. The summed E-state index contributed by atoms with van der Waals surface area (Å²) in [5, 5.41) is 5.85. The molecule has 0 unspecified atom stereocenters. The van der Waals surface area contributed by atoms with Gasteiger partial charge in [0.15, 0.2) is 0 Å². The Hall–Kier alpha value is -2.77. The fourth-order valence-corrected chi connectivity index (χ4v) is 5.58. The molecule has 4 aromatic rings. The zero-order valence-corrected chi connectivity index (χ0v) is 20.3. The highest BCUT2D eigenvalue weighted by molar-refractivity contribution is 7.18. The summed E-state index contributed by atoms with van der Waals surface area (Å²) >= 11 is 3.15. The summed E-state index contributed by atoms with van der Waals surface area (Å²) in [6.45, 7) is 8.27. The maximum Gasteiger partial charge on any atom is 0.259 e. The molecule has 0 aliphatic heterocycles. The van der Waals surface area contributed by atoms with E-state index in [-0.39, 0.29) is 23.9 Å². The number of amides is 1. The Morgan fingerprint density at radius 1 is 1.12 bits per heavy atom. The van der Waals surface area contributed by atoms with Crippen LogP contribution in [0.5, 0.6) is 0 Å². The predicted octanol–water partition coefficient (Wildman–Crippen LogP) is 5.62. The van der Waals surface area contributed by atoms with Crippen molar-refractivity contribution in [2.24, 2.45) is 0 Å². The van der Waals surface area contributed by atoms with Crippen LogP contribution in [-0.2, 0) is 11.2 Å². The van der Waals surface area contributed by atoms with Crippen LogP contribution < -0.4 is 10.9 Å². The monoisotopic (exact) mass is 465 g/mol. The molecule has 166 valence electrons. The van der Waals surface area contributed by atoms with Gasteiger partial charge in [-0.25, -0.2) is 4.98 Å². The van der Waals surface area contributed by atoms with Crippen LogP contribution in [0.3, 0.4) is 0 Å². The van der Waals surface area contributed by atoms with Crippen molar-refractivity contribution in [3.63, 3.8) is 0 Å². The number of rotatable bonds is 7. The second kappa shape index (κ2) is 9.38. The molecule has 1 amide bonds. The van der Waals surface area contributed by atoms with Gasteiger partial charge in [0.25, 0.3) is 5.56 Å². The fourth-order valence-electron chi connectivity index (χ4n) is 3.73. The Labute approximate surface area is 195 Å². The van der Waals surface area contributed by atoms with Gasteiger partial charge in [0.05, 0.1) is 11.4 Å². The molecular weight excluding hydrogens is 438 g/mol. The summed E-state index contributed by atoms with van der Waals surface area (Å²) in [7, 11) is 0. The number of carbonyl (C=O) groups is 1. The van der Waals surface area contributed by atoms with Gasteiger partial charge in [-0.3, -0.25) is 9.59 Å². The van der Waals surface area contributed by atoms with Crippen molar-refractivity contribution in [3.05, 3.63) is 84.4 Å². The molecule has 32 heavy (non-hydrogen) atoms. The average Bonchev–Trinajstić information content (AvgIpc) is 3.39. The highest BCUT2D eigenvalue weighted by Gasteiger charge is 2.19. The molecule has 0 spiro atoms. The number of hydrogen-bond donors (Lipinski definition) is 2. The van der Waals surface area contributed by atoms with E-state index in [0.717, 1.165) is 25.7 Å². The van der Waals surface area contributed by atoms with Crippen LogP contribution in [0.4, 0.5) is 0 Å². The second-order valence-electron chi connectivity index (χ2n) is 8.31. The predicted molar refractivity (Wildman–Crippen MR) is 133 cm³/mol. The smallest absolute Gasteiger partial charge is 0.259 e. The van der Waals surface area contributed by atoms with E-state index in [0.29, 0.717) is 23.5 Å². The number of nitrogens with one attached hydrogen (secondary N) is 2. The SMILES string of the molecule is Cc1sc2nc(CCC(=O)N[C@@H](c3ccc(C(C)C)cc3)c3cccs3)[nH]c(=O)c2c1C. The molecule has 0 saturated heterocycles. The fraction of sp³-hybridized carbons (Fsp3) is 0.320. The summed E-state index contributed by atoms with van der Waals surface area (Å²) < 4.78 is 0. The number of nitrogens with zero attached hydrogens (tertiary/aromatic N) is 1. The summed E-state index contributed by atoms with van der Waals surface area (Å²) in [5.41, 5.74) is 3.18. The quantitative estimate of drug-likeness (QED) is 0.372. The Balaban J connectivity index is 1.49. The number of thiophene rings is 2. The number of aromatic amines is 1. The van der Waals surface area contributed by atoms with E-state index in [9.17, 15) is 9.59 Å². The molecule has 1 aromatic carbocycles. The Kier molecular flexibility index (Phi) is 6.58. The minimum absolute atomic E-state index is 0.0716. The standard InChI is InChI=1S/C25H27N3O2S2/c1-14(2)17-7-9-18(10-8-17)23(19-6-5-13-31-19)28-21(29)12-11-20-26-24(30)22-15(3)16(4)32-25(22)27-20/h5-10,13-14,23H,11-12H2,1-4H3,(H,28,29)(H,26,27,30)/t23-/m0/s1. The first kappa shape index (κ1) is 22.4. The molecule has 0 fully saturated rings. The number of aromatic nitrogens is 2. The highest BCUT2D eigenvalue weighted by atomic mass is 32.1. The lowest BCUT2D eigenvalue weighted by atomic mass is 9.98. The molecular formula is C25H27N3O2S2. The van der Waals surface area contributed by atoms with Gasteiger partial charge in [-0.2, -0.15) is 0 Å². The summed E-state index contributed by atoms with van der Waals surface area (Å²) in [4.78, 5) is 35.7. The summed E-state index contributed by atoms with van der Waals surface area (Å²) in [6.07, 6.45) is 0.639. The van der Waals surface area contributed by atoms with Crippen molar-refractivity contribution in [3.8, 4) is 0 Å². The lowest BCUT2D eigenvalue weighted by Gasteiger charge is -2.19. The number of aryl methyl sites for hydroxylation is 3. The first-order chi connectivity index (χ1) is 15.3. The van der Waals surface area contributed by atoms with Crippen molar-refractivity contribution >= 4 is 38.8 Å². The van der Waals surface area contributed by atoms with Crippen LogP contribution in [0.2, 0.25) is 0 Å². The van der Waals surface area contributed by atoms with E-state index >= 15 is 0 Å². The zero-order chi connectivity index (χ0) is 22.8. The molecule has 7 heteroatoms. The normalized spacial score (nSPS) is 12.4. The molecule has 0 bridgehead atoms. The minimum Gasteiger partial charge on any atom is -0.344 e. The molecule has 0 radical (unpaired) electrons. The lowest BCUT2D eigenvalue weighted by Crippen LogP contribution is -2.29. The third kappa shape index (κ3) is 4.69. The van der Waals surface area contributed by atoms with Crippen molar-refractivity contribution in [2.45, 2.75) is 52.5 Å². The van der Waals surface area contributed by atoms with E-state index in [1.807, 2.05) is 31.4 Å². The van der Waals surface area contributed by atoms with Gasteiger partial charge >= 0.3 is 0 Å². The molecule has 0 aliphatic carbocycles. The third-order valence-electron chi connectivity index (χ3n) is 5.75. The van der Waals surface area contributed by atoms with Crippen LogP contribution in [0, 0.1) is 13.8 Å². The lowest BCUT2D eigenvalue weighted by molar-refractivity contribution is -0.121. The summed E-state index contributed by atoms with van der Waals surface area (Å²) in [6, 6.07) is 12.3. The van der Waals surface area contributed by atoms with Crippen molar-refractivity contribution in [1.82, 2.24) is 15.3 Å². The van der Waals surface area contributed by atoms with Crippen LogP contribution in [0.15, 0.2) is 46.6 Å². The van der Waals surface area contributed by atoms with Crippen molar-refractivity contribution in [1.29, 1.82) is 0 Å². The Morgan fingerprint density at radius 2 is 1.84 bits per heavy atom. The largest absolute Gasteiger partial charge is 0.344 e. The number of H-pyrrole nitrogens is 1. The van der Waals surface area contributed by atoms with Crippen LogP contribution in [-0.4, -0.2) is 15.9 Å². The van der Waals surface area contributed by atoms with Crippen LogP contribution in [0.1, 0.15) is 64.5 Å². The number of carbonyl (C=O) groups excluding carboxylic acids is 1. The second-order valence-corrected chi connectivity index (χ2v) is 10.5. The van der Waals surface area contributed by atoms with Gasteiger partial charge in [-0.1, -0.05) is 44.2 Å². The van der Waals surface area contributed by atoms with E-state index in [4.69, 9.17) is 0 Å². The van der Waals surface area contributed by atoms with Gasteiger partial charge in [0, 0.05) is 22.6 Å². The summed E-state index contributed by atoms with van der Waals surface area (Å²) in [5.74, 6) is 0.937. The molecule has 3 aromatic heterocycles. The van der Waals surface area contributed by atoms with E-state index in [2.05, 4.69) is 53.4 Å². The molecule has 0 saturated carbocycles. The van der Waals surface area contributed by atoms with Crippen molar-refractivity contribution < 1.29 is 4.79 Å². The minimum atomic E-state index is -0.194. The van der Waals surface area contributed by atoms with Gasteiger partial charge < -0.3 is 10.3 Å². The molecule has 1 atom stereocenters. The molecule has 5 nitrogen and oxygen atoms in total. The van der Waals surface area contributed by atoms with Gasteiger partial charge in [-0.05, 0) is 47.9 Å². The Bertz CT molecular complexity index is 1290. The van der Waals surface area contributed by atoms with Crippen molar-refractivity contribution in [2.75, 3.05) is 0 Å². The third-order valence-corrected chi connectivity index (χ3v) is 7.78. The van der Waals surface area contributed by atoms with Gasteiger partial charge in [0.2, 0.25) is 5.91 Å². The van der Waals surface area contributed by atoms with Crippen LogP contribution in [0.25, 0.3) is 10.2 Å². The molecule has 3 heterocycles. The first-order valence-corrected chi connectivity index (χ1v) is 12.4. The zero-order valence-electron chi connectivity index (χ0n) is 18.7. The topological polar surface area (TPSA) is 74.8 Å². The van der Waals surface area contributed by atoms with E-state index in [1.165, 1.54) is 16.9 Å². The van der Waals surface area contributed by atoms with E-state index in [1.54, 1.807) is 11.3 Å². The number of hydrogen-bond acceptors (Lipinski definition) is 5. The average molecular weight is 466 g/mol. The van der Waals surface area contributed by atoms with Gasteiger partial charge in [0.1, 0.15) is 10.7 Å². The molecule has 2 N–H and O–H groups in total. The maximum atomic E-state index is 12.9. The number of benzene rings is 1. The van der Waals surface area contributed by atoms with Crippen LogP contribution >= 0.6 is 22.7 Å². The first-order valence-electron chi connectivity index (χ1n) is 10.7. The van der Waals surface area contributed by atoms with E-state index < -0.39 is 0 Å². The molecule has 4 rings (SSSR count). The number of fused-ring (bicyclic) bond motifs is 1. The van der Waals surface area contributed by atoms with Gasteiger partial charge in [-0.15, -0.1) is 22.7 Å². The molecule has 0 aliphatic rings. The Morgan fingerprint density at radius 3 is 2.50 bits per heavy atom. The highest BCUT2D eigenvalue weighted by Crippen LogP contribution is 2.28.